The molecule has 72 valence electrons. The molecule has 6 heteroatoms. The van der Waals surface area contributed by atoms with E-state index in [9.17, 15) is 4.79 Å². The highest BCUT2D eigenvalue weighted by atomic mass is 35.5. The van der Waals surface area contributed by atoms with Crippen LogP contribution in [0.3, 0.4) is 0 Å². The van der Waals surface area contributed by atoms with Crippen molar-refractivity contribution in [3.8, 4) is 0 Å². The Kier molecular flexibility index (Phi) is 5.36. The Hall–Kier alpha value is -0.200. The second-order valence-corrected chi connectivity index (χ2v) is 2.82. The summed E-state index contributed by atoms with van der Waals surface area (Å²) in [6, 6.07) is 0. The van der Waals surface area contributed by atoms with Gasteiger partial charge in [0.15, 0.2) is 0 Å². The molecule has 0 aromatic carbocycles. The quantitative estimate of drug-likeness (QED) is 0.299. The van der Waals surface area contributed by atoms with E-state index in [-0.39, 0.29) is 6.29 Å². The third-order valence-electron chi connectivity index (χ3n) is 1.39. The lowest BCUT2D eigenvalue weighted by molar-refractivity contribution is -0.114. The molecule has 5 nitrogen and oxygen atoms in total. The summed E-state index contributed by atoms with van der Waals surface area (Å²) in [5, 5.41) is 33.9. The first-order valence-corrected chi connectivity index (χ1v) is 3.72. The van der Waals surface area contributed by atoms with Crippen molar-refractivity contribution in [3.63, 3.8) is 0 Å². The SMILES string of the molecule is O=C[C@@H](Cl)[C@@H](O)[C@H](O)[C@H](O)CO. The molecular weight excluding hydrogens is 188 g/mol. The minimum absolute atomic E-state index is 0.236. The minimum atomic E-state index is -1.62. The second kappa shape index (κ2) is 5.45. The van der Waals surface area contributed by atoms with E-state index in [0.29, 0.717) is 0 Å². The van der Waals surface area contributed by atoms with E-state index in [0.717, 1.165) is 0 Å². The van der Waals surface area contributed by atoms with E-state index in [1.807, 2.05) is 0 Å². The lowest BCUT2D eigenvalue weighted by Crippen LogP contribution is -2.44. The topological polar surface area (TPSA) is 98.0 Å². The normalized spacial score (nSPS) is 21.1. The van der Waals surface area contributed by atoms with E-state index in [1.165, 1.54) is 0 Å². The first-order valence-electron chi connectivity index (χ1n) is 3.29. The molecule has 0 saturated heterocycles. The zero-order chi connectivity index (χ0) is 9.72. The molecule has 0 unspecified atom stereocenters. The predicted octanol–water partition coefficient (Wildman–Crippen LogP) is -2.13. The van der Waals surface area contributed by atoms with Gasteiger partial charge in [-0.05, 0) is 0 Å². The fourth-order valence-corrected chi connectivity index (χ4v) is 0.754. The van der Waals surface area contributed by atoms with Crippen LogP contribution in [0.25, 0.3) is 0 Å². The van der Waals surface area contributed by atoms with Crippen molar-refractivity contribution >= 4 is 17.9 Å². The molecule has 0 fully saturated rings. The van der Waals surface area contributed by atoms with Crippen molar-refractivity contribution in [1.82, 2.24) is 0 Å². The van der Waals surface area contributed by atoms with Crippen LogP contribution in [0.1, 0.15) is 0 Å². The van der Waals surface area contributed by atoms with Crippen molar-refractivity contribution in [2.45, 2.75) is 23.7 Å². The number of halogens is 1. The molecule has 0 aliphatic heterocycles. The molecule has 0 aliphatic carbocycles. The van der Waals surface area contributed by atoms with E-state index in [2.05, 4.69) is 0 Å². The molecular formula is C6H11ClO5. The van der Waals surface area contributed by atoms with Gasteiger partial charge in [-0.25, -0.2) is 0 Å². The maximum Gasteiger partial charge on any atom is 0.140 e. The maximum atomic E-state index is 10.0. The minimum Gasteiger partial charge on any atom is -0.394 e. The average molecular weight is 199 g/mol. The molecule has 4 atom stereocenters. The molecule has 0 aliphatic rings. The third-order valence-corrected chi connectivity index (χ3v) is 1.75. The van der Waals surface area contributed by atoms with Crippen LogP contribution in [-0.4, -0.2) is 57.0 Å². The monoisotopic (exact) mass is 198 g/mol. The number of aldehydes is 1. The summed E-state index contributed by atoms with van der Waals surface area (Å²) < 4.78 is 0. The Balaban J connectivity index is 4.07. The lowest BCUT2D eigenvalue weighted by Gasteiger charge is -2.22. The number of rotatable bonds is 5. The highest BCUT2D eigenvalue weighted by Crippen LogP contribution is 2.07. The van der Waals surface area contributed by atoms with Crippen LogP contribution in [0.5, 0.6) is 0 Å². The second-order valence-electron chi connectivity index (χ2n) is 2.31. The molecule has 0 rings (SSSR count). The number of alkyl halides is 1. The van der Waals surface area contributed by atoms with Crippen LogP contribution in [0.2, 0.25) is 0 Å². The largest absolute Gasteiger partial charge is 0.394 e. The van der Waals surface area contributed by atoms with Gasteiger partial charge in [0, 0.05) is 0 Å². The summed E-state index contributed by atoms with van der Waals surface area (Å²) >= 11 is 5.24. The molecule has 0 aromatic rings. The number of carbonyl (C=O) groups is 1. The molecule has 0 aromatic heterocycles. The zero-order valence-electron chi connectivity index (χ0n) is 6.17. The number of hydrogen-bond donors (Lipinski definition) is 4. The smallest absolute Gasteiger partial charge is 0.140 e. The number of hydrogen-bond acceptors (Lipinski definition) is 5. The van der Waals surface area contributed by atoms with Crippen LogP contribution in [0.4, 0.5) is 0 Å². The molecule has 0 spiro atoms. The summed E-state index contributed by atoms with van der Waals surface area (Å²) in [6.45, 7) is -0.708. The van der Waals surface area contributed by atoms with Gasteiger partial charge in [0.1, 0.15) is 30.0 Å². The Bertz CT molecular complexity index is 142. The highest BCUT2D eigenvalue weighted by Gasteiger charge is 2.29. The number of carbonyl (C=O) groups excluding carboxylic acids is 1. The zero-order valence-corrected chi connectivity index (χ0v) is 6.92. The first-order chi connectivity index (χ1) is 5.54. The van der Waals surface area contributed by atoms with Crippen LogP contribution in [-0.2, 0) is 4.79 Å². The van der Waals surface area contributed by atoms with Gasteiger partial charge in [0.2, 0.25) is 0 Å². The molecule has 0 radical (unpaired) electrons. The fraction of sp³-hybridized carbons (Fsp3) is 0.833. The van der Waals surface area contributed by atoms with E-state index >= 15 is 0 Å². The van der Waals surface area contributed by atoms with Crippen LogP contribution < -0.4 is 0 Å². The van der Waals surface area contributed by atoms with Crippen molar-refractivity contribution in [2.24, 2.45) is 0 Å². The van der Waals surface area contributed by atoms with Gasteiger partial charge in [-0.15, -0.1) is 11.6 Å². The maximum absolute atomic E-state index is 10.0. The molecule has 4 N–H and O–H groups in total. The Morgan fingerprint density at radius 3 is 2.08 bits per heavy atom. The van der Waals surface area contributed by atoms with Crippen molar-refractivity contribution in [3.05, 3.63) is 0 Å². The molecule has 0 heterocycles. The summed E-state index contributed by atoms with van der Waals surface area (Å²) in [6.07, 6.45) is -4.46. The van der Waals surface area contributed by atoms with Crippen LogP contribution in [0.15, 0.2) is 0 Å². The number of aliphatic hydroxyl groups excluding tert-OH is 4. The van der Waals surface area contributed by atoms with Crippen molar-refractivity contribution in [2.75, 3.05) is 6.61 Å². The summed E-state index contributed by atoms with van der Waals surface area (Å²) in [4.78, 5) is 10.0. The van der Waals surface area contributed by atoms with Gasteiger partial charge in [0.25, 0.3) is 0 Å². The van der Waals surface area contributed by atoms with Gasteiger partial charge >= 0.3 is 0 Å². The standard InChI is InChI=1S/C6H11ClO5/c7-3(1-8)5(11)6(12)4(10)2-9/h1,3-6,9-12H,2H2/t3-,4-,5-,6-/m1/s1. The molecule has 0 amide bonds. The van der Waals surface area contributed by atoms with Crippen molar-refractivity contribution < 1.29 is 25.2 Å². The summed E-state index contributed by atoms with van der Waals surface area (Å²) in [5.74, 6) is 0. The number of aliphatic hydroxyl groups is 4. The predicted molar refractivity (Wildman–Crippen MR) is 40.8 cm³/mol. The molecule has 12 heavy (non-hydrogen) atoms. The average Bonchev–Trinajstić information content (AvgIpc) is 2.12. The third kappa shape index (κ3) is 3.04. The van der Waals surface area contributed by atoms with Gasteiger partial charge in [-0.1, -0.05) is 0 Å². The first kappa shape index (κ1) is 11.8. The van der Waals surface area contributed by atoms with Gasteiger partial charge in [-0.3, -0.25) is 0 Å². The molecule has 0 bridgehead atoms. The van der Waals surface area contributed by atoms with Crippen LogP contribution >= 0.6 is 11.6 Å². The highest BCUT2D eigenvalue weighted by molar-refractivity contribution is 6.28. The summed E-state index contributed by atoms with van der Waals surface area (Å²) in [5.41, 5.74) is 0. The Morgan fingerprint density at radius 2 is 1.75 bits per heavy atom. The van der Waals surface area contributed by atoms with E-state index < -0.39 is 30.3 Å². The summed E-state index contributed by atoms with van der Waals surface area (Å²) in [7, 11) is 0. The Labute approximate surface area is 74.2 Å². The van der Waals surface area contributed by atoms with E-state index in [4.69, 9.17) is 32.0 Å². The van der Waals surface area contributed by atoms with Gasteiger partial charge in [0.05, 0.1) is 6.61 Å². The van der Waals surface area contributed by atoms with Gasteiger partial charge in [-0.2, -0.15) is 0 Å². The van der Waals surface area contributed by atoms with E-state index in [1.54, 1.807) is 0 Å². The fourth-order valence-electron chi connectivity index (χ4n) is 0.604. The van der Waals surface area contributed by atoms with Crippen molar-refractivity contribution in [1.29, 1.82) is 0 Å². The Morgan fingerprint density at radius 1 is 1.25 bits per heavy atom. The molecule has 0 saturated carbocycles. The van der Waals surface area contributed by atoms with Gasteiger partial charge < -0.3 is 25.2 Å². The lowest BCUT2D eigenvalue weighted by atomic mass is 10.1. The van der Waals surface area contributed by atoms with Crippen LogP contribution in [0, 0.1) is 0 Å².